The highest BCUT2D eigenvalue weighted by atomic mass is 19.4. The Balaban J connectivity index is 2.83. The van der Waals surface area contributed by atoms with Crippen molar-refractivity contribution in [1.82, 2.24) is 5.43 Å². The molecule has 0 aromatic heterocycles. The maximum Gasteiger partial charge on any atom is 0.392 e. The Bertz CT molecular complexity index is 237. The van der Waals surface area contributed by atoms with Crippen LogP contribution in [0.5, 0.6) is 0 Å². The van der Waals surface area contributed by atoms with Gasteiger partial charge in [-0.3, -0.25) is 4.99 Å². The van der Waals surface area contributed by atoms with Gasteiger partial charge < -0.3 is 5.43 Å². The van der Waals surface area contributed by atoms with E-state index in [9.17, 15) is 13.2 Å². The van der Waals surface area contributed by atoms with Crippen molar-refractivity contribution in [3.05, 3.63) is 0 Å². The van der Waals surface area contributed by atoms with Gasteiger partial charge in [0.15, 0.2) is 0 Å². The zero-order valence-corrected chi connectivity index (χ0v) is 8.64. The quantitative estimate of drug-likeness (QED) is 0.308. The minimum Gasteiger partial charge on any atom is -0.312 e. The van der Waals surface area contributed by atoms with Crippen LogP contribution < -0.4 is 11.3 Å². The zero-order valence-electron chi connectivity index (χ0n) is 8.64. The number of rotatable bonds is 1. The lowest BCUT2D eigenvalue weighted by Gasteiger charge is -2.33. The van der Waals surface area contributed by atoms with Gasteiger partial charge in [-0.25, -0.2) is 5.84 Å². The first-order valence-corrected chi connectivity index (χ1v) is 5.00. The maximum atomic E-state index is 12.7. The second-order valence-electron chi connectivity index (χ2n) is 3.79. The molecule has 0 amide bonds. The number of nitrogens with zero attached hydrogens (tertiary/aromatic N) is 1. The number of hydrogen-bond donors (Lipinski definition) is 2. The summed E-state index contributed by atoms with van der Waals surface area (Å²) >= 11 is 0. The van der Waals surface area contributed by atoms with Crippen molar-refractivity contribution in [2.75, 3.05) is 7.05 Å². The first-order chi connectivity index (χ1) is 7.00. The number of hydrogen-bond acceptors (Lipinski definition) is 2. The Morgan fingerprint density at radius 3 is 2.40 bits per heavy atom. The van der Waals surface area contributed by atoms with Gasteiger partial charge in [0.2, 0.25) is 0 Å². The molecule has 1 saturated carbocycles. The molecule has 15 heavy (non-hydrogen) atoms. The number of aliphatic imine (C=N–C) groups is 1. The molecule has 2 unspecified atom stereocenters. The van der Waals surface area contributed by atoms with E-state index in [1.54, 1.807) is 0 Å². The lowest BCUT2D eigenvalue weighted by molar-refractivity contribution is -0.189. The Labute approximate surface area is 86.9 Å². The highest BCUT2D eigenvalue weighted by Gasteiger charge is 2.46. The molecule has 0 aromatic carbocycles. The van der Waals surface area contributed by atoms with Gasteiger partial charge in [-0.15, -0.1) is 0 Å². The summed E-state index contributed by atoms with van der Waals surface area (Å²) < 4.78 is 38.1. The molecule has 0 aliphatic heterocycles. The standard InChI is InChI=1S/C9H16F3N3/c1-14-8(15-13)6-4-2-3-5-7(6)9(10,11)12/h6-7H,2-5,13H2,1H3,(H,14,15). The molecule has 6 heteroatoms. The largest absolute Gasteiger partial charge is 0.392 e. The lowest BCUT2D eigenvalue weighted by atomic mass is 9.78. The number of nitrogens with one attached hydrogen (secondary N) is 1. The molecule has 0 aromatic rings. The van der Waals surface area contributed by atoms with Crippen LogP contribution in [0.4, 0.5) is 13.2 Å². The summed E-state index contributed by atoms with van der Waals surface area (Å²) in [6.45, 7) is 0. The monoisotopic (exact) mass is 223 g/mol. The highest BCUT2D eigenvalue weighted by Crippen LogP contribution is 2.41. The first-order valence-electron chi connectivity index (χ1n) is 5.00. The number of hydrazine groups is 1. The fourth-order valence-electron chi connectivity index (χ4n) is 2.19. The highest BCUT2D eigenvalue weighted by molar-refractivity contribution is 5.84. The van der Waals surface area contributed by atoms with Crippen molar-refractivity contribution in [2.24, 2.45) is 22.7 Å². The molecule has 0 heterocycles. The van der Waals surface area contributed by atoms with E-state index < -0.39 is 18.0 Å². The summed E-state index contributed by atoms with van der Waals surface area (Å²) in [6, 6.07) is 0. The fraction of sp³-hybridized carbons (Fsp3) is 0.889. The minimum absolute atomic E-state index is 0.175. The topological polar surface area (TPSA) is 50.4 Å². The third-order valence-electron chi connectivity index (χ3n) is 2.93. The van der Waals surface area contributed by atoms with E-state index in [0.717, 1.165) is 6.42 Å². The number of nitrogens with two attached hydrogens (primary N) is 1. The van der Waals surface area contributed by atoms with E-state index in [0.29, 0.717) is 12.8 Å². The summed E-state index contributed by atoms with van der Waals surface area (Å²) in [6.07, 6.45) is -2.05. The third kappa shape index (κ3) is 2.84. The van der Waals surface area contributed by atoms with Crippen LogP contribution in [0.2, 0.25) is 0 Å². The zero-order chi connectivity index (χ0) is 11.5. The summed E-state index contributed by atoms with van der Waals surface area (Å²) in [5.74, 6) is 3.52. The SMILES string of the molecule is CN=C(NN)C1CCCCC1C(F)(F)F. The van der Waals surface area contributed by atoms with Crippen molar-refractivity contribution in [2.45, 2.75) is 31.9 Å². The molecule has 0 radical (unpaired) electrons. The molecule has 3 N–H and O–H groups in total. The Kier molecular flexibility index (Phi) is 3.96. The van der Waals surface area contributed by atoms with Crippen LogP contribution >= 0.6 is 0 Å². The second-order valence-corrected chi connectivity index (χ2v) is 3.79. The van der Waals surface area contributed by atoms with Crippen LogP contribution in [0.15, 0.2) is 4.99 Å². The van der Waals surface area contributed by atoms with Gasteiger partial charge in [0.1, 0.15) is 5.84 Å². The maximum absolute atomic E-state index is 12.7. The summed E-state index contributed by atoms with van der Waals surface area (Å²) in [5.41, 5.74) is 2.27. The summed E-state index contributed by atoms with van der Waals surface area (Å²) in [5, 5.41) is 0. The van der Waals surface area contributed by atoms with Crippen molar-refractivity contribution in [3.63, 3.8) is 0 Å². The average molecular weight is 223 g/mol. The van der Waals surface area contributed by atoms with Crippen LogP contribution in [-0.4, -0.2) is 19.1 Å². The summed E-state index contributed by atoms with van der Waals surface area (Å²) in [4.78, 5) is 3.77. The molecular formula is C9H16F3N3. The molecule has 1 rings (SSSR count). The van der Waals surface area contributed by atoms with E-state index in [2.05, 4.69) is 10.4 Å². The van der Waals surface area contributed by atoms with Crippen LogP contribution in [0, 0.1) is 11.8 Å². The van der Waals surface area contributed by atoms with Crippen LogP contribution in [0.1, 0.15) is 25.7 Å². The van der Waals surface area contributed by atoms with Crippen molar-refractivity contribution >= 4 is 5.84 Å². The van der Waals surface area contributed by atoms with Gasteiger partial charge in [-0.2, -0.15) is 13.2 Å². The average Bonchev–Trinajstić information content (AvgIpc) is 2.19. The smallest absolute Gasteiger partial charge is 0.312 e. The van der Waals surface area contributed by atoms with Crippen LogP contribution in [-0.2, 0) is 0 Å². The molecule has 0 spiro atoms. The number of amidine groups is 1. The Hall–Kier alpha value is -0.780. The van der Waals surface area contributed by atoms with Gasteiger partial charge in [0.05, 0.1) is 5.92 Å². The van der Waals surface area contributed by atoms with E-state index in [-0.39, 0.29) is 12.3 Å². The molecular weight excluding hydrogens is 207 g/mol. The van der Waals surface area contributed by atoms with Gasteiger partial charge in [-0.1, -0.05) is 12.8 Å². The molecule has 0 bridgehead atoms. The molecule has 0 saturated heterocycles. The second kappa shape index (κ2) is 4.83. The predicted molar refractivity (Wildman–Crippen MR) is 52.2 cm³/mol. The number of halogens is 3. The fourth-order valence-corrected chi connectivity index (χ4v) is 2.19. The van der Waals surface area contributed by atoms with Crippen molar-refractivity contribution < 1.29 is 13.2 Å². The van der Waals surface area contributed by atoms with Crippen LogP contribution in [0.3, 0.4) is 0 Å². The molecule has 1 aliphatic carbocycles. The number of alkyl halides is 3. The molecule has 2 atom stereocenters. The lowest BCUT2D eigenvalue weighted by Crippen LogP contribution is -2.44. The first kappa shape index (κ1) is 12.3. The van der Waals surface area contributed by atoms with E-state index in [1.807, 2.05) is 0 Å². The van der Waals surface area contributed by atoms with E-state index >= 15 is 0 Å². The summed E-state index contributed by atoms with van der Waals surface area (Å²) in [7, 11) is 1.46. The van der Waals surface area contributed by atoms with Gasteiger partial charge in [0.25, 0.3) is 0 Å². The van der Waals surface area contributed by atoms with Crippen LogP contribution in [0.25, 0.3) is 0 Å². The molecule has 1 aliphatic rings. The predicted octanol–water partition coefficient (Wildman–Crippen LogP) is 1.85. The van der Waals surface area contributed by atoms with Crippen molar-refractivity contribution in [3.8, 4) is 0 Å². The Morgan fingerprint density at radius 1 is 1.33 bits per heavy atom. The van der Waals surface area contributed by atoms with Gasteiger partial charge in [-0.05, 0) is 12.8 Å². The molecule has 3 nitrogen and oxygen atoms in total. The minimum atomic E-state index is -4.15. The Morgan fingerprint density at radius 2 is 1.93 bits per heavy atom. The van der Waals surface area contributed by atoms with E-state index in [1.165, 1.54) is 7.05 Å². The normalized spacial score (nSPS) is 29.0. The van der Waals surface area contributed by atoms with E-state index in [4.69, 9.17) is 5.84 Å². The van der Waals surface area contributed by atoms with Gasteiger partial charge in [0, 0.05) is 13.0 Å². The molecule has 1 fully saturated rings. The molecule has 88 valence electrons. The third-order valence-corrected chi connectivity index (χ3v) is 2.93. The van der Waals surface area contributed by atoms with Gasteiger partial charge >= 0.3 is 6.18 Å². The van der Waals surface area contributed by atoms with Crippen molar-refractivity contribution in [1.29, 1.82) is 0 Å².